The zero-order chi connectivity index (χ0) is 20.8. The second-order valence-corrected chi connectivity index (χ2v) is 6.92. The van der Waals surface area contributed by atoms with Crippen LogP contribution in [-0.2, 0) is 16.1 Å². The van der Waals surface area contributed by atoms with Gasteiger partial charge in [0.15, 0.2) is 0 Å². The number of hydrogen-bond donors (Lipinski definition) is 1. The van der Waals surface area contributed by atoms with Crippen molar-refractivity contribution in [2.45, 2.75) is 33.3 Å². The average molecular weight is 411 g/mol. The number of hydrogen-bond acceptors (Lipinski definition) is 4. The van der Waals surface area contributed by atoms with Crippen LogP contribution in [0.3, 0.4) is 0 Å². The molecule has 1 aromatic heterocycles. The van der Waals surface area contributed by atoms with Crippen LogP contribution in [-0.4, -0.2) is 28.0 Å². The molecule has 0 radical (unpaired) electrons. The van der Waals surface area contributed by atoms with Crippen molar-refractivity contribution in [2.75, 3.05) is 5.32 Å². The van der Waals surface area contributed by atoms with Crippen LogP contribution in [0.5, 0.6) is 0 Å². The lowest BCUT2D eigenvalue weighted by Gasteiger charge is -2.10. The number of para-hydroxylation sites is 1. The Labute approximate surface area is 175 Å². The van der Waals surface area contributed by atoms with Gasteiger partial charge in [0.2, 0.25) is 6.10 Å². The van der Waals surface area contributed by atoms with Crippen LogP contribution in [0, 0.1) is 6.92 Å². The minimum atomic E-state index is -0.764. The van der Waals surface area contributed by atoms with Crippen LogP contribution < -0.4 is 5.32 Å². The molecule has 3 rings (SSSR count). The number of oxime groups is 1. The van der Waals surface area contributed by atoms with Gasteiger partial charge in [0.25, 0.3) is 5.91 Å². The highest BCUT2D eigenvalue weighted by atomic mass is 35.5. The van der Waals surface area contributed by atoms with E-state index >= 15 is 0 Å². The summed E-state index contributed by atoms with van der Waals surface area (Å²) in [5.74, 6) is -0.283. The fourth-order valence-electron chi connectivity index (χ4n) is 2.69. The summed E-state index contributed by atoms with van der Waals surface area (Å²) in [6.45, 7) is 5.55. The zero-order valence-electron chi connectivity index (χ0n) is 16.6. The number of rotatable bonds is 7. The Balaban J connectivity index is 1.63. The molecule has 3 aromatic rings. The molecule has 2 aromatic carbocycles. The van der Waals surface area contributed by atoms with Crippen molar-refractivity contribution in [1.82, 2.24) is 9.78 Å². The van der Waals surface area contributed by atoms with E-state index in [1.54, 1.807) is 11.6 Å². The summed E-state index contributed by atoms with van der Waals surface area (Å²) in [5, 5.41) is 11.6. The monoisotopic (exact) mass is 410 g/mol. The Morgan fingerprint density at radius 3 is 2.59 bits per heavy atom. The third kappa shape index (κ3) is 5.03. The van der Waals surface area contributed by atoms with E-state index in [-0.39, 0.29) is 5.91 Å². The van der Waals surface area contributed by atoms with E-state index in [1.807, 2.05) is 61.5 Å². The second kappa shape index (κ2) is 9.39. The van der Waals surface area contributed by atoms with Crippen molar-refractivity contribution < 1.29 is 9.63 Å². The van der Waals surface area contributed by atoms with E-state index in [4.69, 9.17) is 16.4 Å². The van der Waals surface area contributed by atoms with Crippen molar-refractivity contribution in [1.29, 1.82) is 0 Å². The van der Waals surface area contributed by atoms with Gasteiger partial charge >= 0.3 is 0 Å². The summed E-state index contributed by atoms with van der Waals surface area (Å²) in [6, 6.07) is 17.3. The van der Waals surface area contributed by atoms with Crippen LogP contribution >= 0.6 is 11.6 Å². The van der Waals surface area contributed by atoms with Crippen LogP contribution in [0.2, 0.25) is 5.15 Å². The normalized spacial score (nSPS) is 12.1. The summed E-state index contributed by atoms with van der Waals surface area (Å²) >= 11 is 6.45. The number of carbonyl (C=O) groups is 1. The summed E-state index contributed by atoms with van der Waals surface area (Å²) in [6.07, 6.45) is 1.66. The zero-order valence-corrected chi connectivity index (χ0v) is 17.3. The van der Waals surface area contributed by atoms with E-state index in [9.17, 15) is 4.79 Å². The maximum absolute atomic E-state index is 12.3. The van der Waals surface area contributed by atoms with Gasteiger partial charge in [-0.1, -0.05) is 54.0 Å². The number of nitrogens with one attached hydrogen (secondary N) is 1. The minimum Gasteiger partial charge on any atom is -0.383 e. The molecule has 1 amide bonds. The molecule has 0 spiro atoms. The van der Waals surface area contributed by atoms with Gasteiger partial charge < -0.3 is 10.2 Å². The van der Waals surface area contributed by atoms with Gasteiger partial charge in [-0.05, 0) is 50.1 Å². The predicted molar refractivity (Wildman–Crippen MR) is 116 cm³/mol. The summed E-state index contributed by atoms with van der Waals surface area (Å²) in [7, 11) is 0. The predicted octanol–water partition coefficient (Wildman–Crippen LogP) is 4.77. The first-order valence-corrected chi connectivity index (χ1v) is 9.77. The summed E-state index contributed by atoms with van der Waals surface area (Å²) in [4.78, 5) is 17.6. The minimum absolute atomic E-state index is 0.283. The molecule has 0 aliphatic rings. The highest BCUT2D eigenvalue weighted by molar-refractivity contribution is 6.32. The van der Waals surface area contributed by atoms with Crippen LogP contribution in [0.15, 0.2) is 59.8 Å². The first-order chi connectivity index (χ1) is 14.0. The lowest BCUT2D eigenvalue weighted by atomic mass is 10.1. The fourth-order valence-corrected chi connectivity index (χ4v) is 3.01. The van der Waals surface area contributed by atoms with Gasteiger partial charge in [-0.3, -0.25) is 4.79 Å². The quantitative estimate of drug-likeness (QED) is 0.450. The highest BCUT2D eigenvalue weighted by Crippen LogP contribution is 2.22. The van der Waals surface area contributed by atoms with Crippen molar-refractivity contribution in [3.05, 3.63) is 76.6 Å². The van der Waals surface area contributed by atoms with E-state index < -0.39 is 6.10 Å². The Morgan fingerprint density at radius 1 is 1.24 bits per heavy atom. The molecule has 150 valence electrons. The maximum atomic E-state index is 12.3. The Kier molecular flexibility index (Phi) is 6.67. The number of carbonyl (C=O) groups excluding carboxylic acids is 1. The first kappa shape index (κ1) is 20.6. The Bertz CT molecular complexity index is 998. The van der Waals surface area contributed by atoms with E-state index in [0.29, 0.717) is 16.4 Å². The average Bonchev–Trinajstić information content (AvgIpc) is 3.03. The van der Waals surface area contributed by atoms with Gasteiger partial charge in [0.1, 0.15) is 5.15 Å². The molecule has 6 nitrogen and oxygen atoms in total. The molecule has 1 unspecified atom stereocenters. The van der Waals surface area contributed by atoms with Gasteiger partial charge in [-0.25, -0.2) is 4.68 Å². The molecule has 7 heteroatoms. The molecule has 0 saturated carbocycles. The largest absolute Gasteiger partial charge is 0.383 e. The standard InChI is InChI=1S/C22H23ClN4O2/c1-4-17-10-12-18(13-11-17)25-22(28)16(3)29-24-14-20-15(2)26-27(21(20)23)19-8-6-5-7-9-19/h5-14,16H,4H2,1-3H3,(H,25,28)/b24-14+. The molecular formula is C22H23ClN4O2. The third-order valence-electron chi connectivity index (χ3n) is 4.45. The molecule has 1 heterocycles. The lowest BCUT2D eigenvalue weighted by molar-refractivity contribution is -0.126. The molecule has 0 aliphatic heterocycles. The van der Waals surface area contributed by atoms with E-state index in [0.717, 1.165) is 17.8 Å². The fraction of sp³-hybridized carbons (Fsp3) is 0.227. The third-order valence-corrected chi connectivity index (χ3v) is 4.81. The molecule has 0 aliphatic carbocycles. The highest BCUT2D eigenvalue weighted by Gasteiger charge is 2.16. The van der Waals surface area contributed by atoms with E-state index in [1.165, 1.54) is 11.8 Å². The number of anilines is 1. The second-order valence-electron chi connectivity index (χ2n) is 6.56. The topological polar surface area (TPSA) is 68.5 Å². The van der Waals surface area contributed by atoms with Crippen molar-refractivity contribution in [3.63, 3.8) is 0 Å². The van der Waals surface area contributed by atoms with Gasteiger partial charge in [0, 0.05) is 5.69 Å². The summed E-state index contributed by atoms with van der Waals surface area (Å²) in [5.41, 5.74) is 4.12. The molecule has 0 bridgehead atoms. The lowest BCUT2D eigenvalue weighted by Crippen LogP contribution is -2.26. The molecular weight excluding hydrogens is 388 g/mol. The Hall–Kier alpha value is -3.12. The number of aryl methyl sites for hydroxylation is 2. The van der Waals surface area contributed by atoms with Crippen LogP contribution in [0.4, 0.5) is 5.69 Å². The van der Waals surface area contributed by atoms with Gasteiger partial charge in [0.05, 0.1) is 23.2 Å². The Morgan fingerprint density at radius 2 is 1.93 bits per heavy atom. The van der Waals surface area contributed by atoms with Crippen LogP contribution in [0.1, 0.15) is 30.7 Å². The molecule has 0 saturated heterocycles. The maximum Gasteiger partial charge on any atom is 0.267 e. The molecule has 1 atom stereocenters. The number of amides is 1. The van der Waals surface area contributed by atoms with E-state index in [2.05, 4.69) is 22.5 Å². The number of aromatic nitrogens is 2. The molecule has 1 N–H and O–H groups in total. The molecule has 29 heavy (non-hydrogen) atoms. The van der Waals surface area contributed by atoms with Gasteiger partial charge in [-0.2, -0.15) is 5.10 Å². The first-order valence-electron chi connectivity index (χ1n) is 9.39. The SMILES string of the molecule is CCc1ccc(NC(=O)C(C)O/N=C/c2c(C)nn(-c3ccccc3)c2Cl)cc1. The number of halogens is 1. The van der Waals surface area contributed by atoms with Crippen molar-refractivity contribution >= 4 is 29.4 Å². The van der Waals surface area contributed by atoms with Crippen molar-refractivity contribution in [2.24, 2.45) is 5.16 Å². The molecule has 0 fully saturated rings. The smallest absolute Gasteiger partial charge is 0.267 e. The van der Waals surface area contributed by atoms with Crippen LogP contribution in [0.25, 0.3) is 5.69 Å². The summed E-state index contributed by atoms with van der Waals surface area (Å²) < 4.78 is 1.63. The van der Waals surface area contributed by atoms with Gasteiger partial charge in [-0.15, -0.1) is 0 Å². The number of nitrogens with zero attached hydrogens (tertiary/aromatic N) is 3. The number of benzene rings is 2. The van der Waals surface area contributed by atoms with Crippen molar-refractivity contribution in [3.8, 4) is 5.69 Å².